The van der Waals surface area contributed by atoms with Crippen molar-refractivity contribution in [3.8, 4) is 33.7 Å². The third kappa shape index (κ3) is 3.08. The number of pyridine rings is 1. The molecule has 0 N–H and O–H groups in total. The molecule has 3 aromatic carbocycles. The number of furan rings is 1. The van der Waals surface area contributed by atoms with Gasteiger partial charge < -0.3 is 4.42 Å². The lowest BCUT2D eigenvalue weighted by Gasteiger charge is -2.05. The van der Waals surface area contributed by atoms with Crippen molar-refractivity contribution in [3.05, 3.63) is 103 Å². The molecule has 5 rings (SSSR count). The van der Waals surface area contributed by atoms with Crippen LogP contribution in [0.1, 0.15) is 0 Å². The van der Waals surface area contributed by atoms with Crippen molar-refractivity contribution in [3.63, 3.8) is 0 Å². The Morgan fingerprint density at radius 3 is 2.18 bits per heavy atom. The molecule has 0 fully saturated rings. The second kappa shape index (κ2) is 6.78. The summed E-state index contributed by atoms with van der Waals surface area (Å²) in [6.45, 7) is 0. The van der Waals surface area contributed by atoms with Crippen molar-refractivity contribution in [1.82, 2.24) is 4.98 Å². The smallest absolute Gasteiger partial charge is 0.153 e. The van der Waals surface area contributed by atoms with Gasteiger partial charge >= 0.3 is 0 Å². The fourth-order valence-electron chi connectivity index (χ4n) is 3.33. The lowest BCUT2D eigenvalue weighted by Crippen LogP contribution is -1.84. The summed E-state index contributed by atoms with van der Waals surface area (Å²) in [5.41, 5.74) is 6.58. The maximum absolute atomic E-state index is 13.2. The van der Waals surface area contributed by atoms with Crippen LogP contribution in [0.2, 0.25) is 0 Å². The van der Waals surface area contributed by atoms with E-state index in [4.69, 9.17) is 9.40 Å². The second-order valence-electron chi connectivity index (χ2n) is 6.64. The summed E-state index contributed by atoms with van der Waals surface area (Å²) in [6, 6.07) is 30.7. The Bertz CT molecular complexity index is 1260. The zero-order valence-electron chi connectivity index (χ0n) is 15.0. The highest BCUT2D eigenvalue weighted by atomic mass is 19.1. The van der Waals surface area contributed by atoms with Gasteiger partial charge in [-0.25, -0.2) is 9.37 Å². The summed E-state index contributed by atoms with van der Waals surface area (Å²) in [4.78, 5) is 4.78. The number of hydrogen-bond acceptors (Lipinski definition) is 2. The van der Waals surface area contributed by atoms with Gasteiger partial charge in [-0.15, -0.1) is 0 Å². The number of fused-ring (bicyclic) bond motifs is 1. The van der Waals surface area contributed by atoms with E-state index in [1.807, 2.05) is 42.5 Å². The van der Waals surface area contributed by atoms with E-state index in [9.17, 15) is 4.39 Å². The quantitative estimate of drug-likeness (QED) is 0.345. The van der Waals surface area contributed by atoms with Crippen molar-refractivity contribution < 1.29 is 8.81 Å². The predicted octanol–water partition coefficient (Wildman–Crippen LogP) is 6.97. The molecule has 28 heavy (non-hydrogen) atoms. The third-order valence-electron chi connectivity index (χ3n) is 4.77. The molecule has 5 aromatic rings. The molecule has 0 saturated carbocycles. The van der Waals surface area contributed by atoms with Crippen LogP contribution in [-0.4, -0.2) is 4.98 Å². The zero-order valence-corrected chi connectivity index (χ0v) is 15.0. The second-order valence-corrected chi connectivity index (χ2v) is 6.64. The van der Waals surface area contributed by atoms with Crippen molar-refractivity contribution in [1.29, 1.82) is 0 Å². The van der Waals surface area contributed by atoms with Gasteiger partial charge in [0.25, 0.3) is 0 Å². The fraction of sp³-hybridized carbons (Fsp3) is 0. The number of hydrogen-bond donors (Lipinski definition) is 0. The Morgan fingerprint density at radius 2 is 1.36 bits per heavy atom. The molecule has 0 aliphatic heterocycles. The molecule has 0 spiro atoms. The van der Waals surface area contributed by atoms with Gasteiger partial charge in [-0.1, -0.05) is 48.5 Å². The fourth-order valence-corrected chi connectivity index (χ4v) is 3.33. The Balaban J connectivity index is 1.54. The van der Waals surface area contributed by atoms with Crippen molar-refractivity contribution in [2.45, 2.75) is 0 Å². The Labute approximate surface area is 161 Å². The monoisotopic (exact) mass is 365 g/mol. The lowest BCUT2D eigenvalue weighted by atomic mass is 10.0. The van der Waals surface area contributed by atoms with Crippen LogP contribution in [0.3, 0.4) is 0 Å². The van der Waals surface area contributed by atoms with Crippen LogP contribution in [0.4, 0.5) is 4.39 Å². The first-order chi connectivity index (χ1) is 13.8. The summed E-state index contributed by atoms with van der Waals surface area (Å²) >= 11 is 0. The van der Waals surface area contributed by atoms with Crippen LogP contribution < -0.4 is 0 Å². The number of rotatable bonds is 3. The van der Waals surface area contributed by atoms with Gasteiger partial charge in [0, 0.05) is 17.2 Å². The molecule has 0 aliphatic rings. The molecule has 0 bridgehead atoms. The van der Waals surface area contributed by atoms with Gasteiger partial charge in [0.05, 0.1) is 5.69 Å². The first-order valence-electron chi connectivity index (χ1n) is 9.09. The van der Waals surface area contributed by atoms with Crippen molar-refractivity contribution in [2.24, 2.45) is 0 Å². The van der Waals surface area contributed by atoms with E-state index in [1.54, 1.807) is 12.1 Å². The lowest BCUT2D eigenvalue weighted by molar-refractivity contribution is 0.623. The minimum Gasteiger partial charge on any atom is -0.454 e. The standard InChI is InChI=1S/C25H16FNO/c26-21-11-9-18(10-12-21)25-16-23-24(28-25)14-13-22(27-23)20-8-4-7-19(15-20)17-5-2-1-3-6-17/h1-16H. The molecule has 0 atom stereocenters. The summed E-state index contributed by atoms with van der Waals surface area (Å²) in [7, 11) is 0. The highest BCUT2D eigenvalue weighted by molar-refractivity contribution is 5.82. The Hall–Kier alpha value is -3.72. The molecule has 0 saturated heterocycles. The first-order valence-corrected chi connectivity index (χ1v) is 9.09. The minimum absolute atomic E-state index is 0.265. The summed E-state index contributed by atoms with van der Waals surface area (Å²) in [6.07, 6.45) is 0. The highest BCUT2D eigenvalue weighted by Gasteiger charge is 2.10. The van der Waals surface area contributed by atoms with Crippen LogP contribution in [0.25, 0.3) is 44.8 Å². The average molecular weight is 365 g/mol. The maximum Gasteiger partial charge on any atom is 0.153 e. The molecule has 0 unspecified atom stereocenters. The normalized spacial score (nSPS) is 11.0. The molecule has 134 valence electrons. The average Bonchev–Trinajstić information content (AvgIpc) is 3.18. The van der Waals surface area contributed by atoms with Gasteiger partial charge in [0.15, 0.2) is 5.58 Å². The van der Waals surface area contributed by atoms with Gasteiger partial charge in [0.1, 0.15) is 17.1 Å². The Morgan fingerprint density at radius 1 is 0.607 bits per heavy atom. The van der Waals surface area contributed by atoms with Crippen LogP contribution in [-0.2, 0) is 0 Å². The SMILES string of the molecule is Fc1ccc(-c2cc3nc(-c4cccc(-c5ccccc5)c4)ccc3o2)cc1. The summed E-state index contributed by atoms with van der Waals surface area (Å²) < 4.78 is 19.1. The third-order valence-corrected chi connectivity index (χ3v) is 4.77. The van der Waals surface area contributed by atoms with Crippen molar-refractivity contribution in [2.75, 3.05) is 0 Å². The van der Waals surface area contributed by atoms with E-state index in [0.29, 0.717) is 11.3 Å². The van der Waals surface area contributed by atoms with Gasteiger partial charge in [-0.2, -0.15) is 0 Å². The van der Waals surface area contributed by atoms with E-state index in [-0.39, 0.29) is 5.82 Å². The molecule has 0 aliphatic carbocycles. The number of halogens is 1. The van der Waals surface area contributed by atoms with E-state index in [1.165, 1.54) is 17.7 Å². The first kappa shape index (κ1) is 16.5. The summed E-state index contributed by atoms with van der Waals surface area (Å²) in [5.74, 6) is 0.413. The topological polar surface area (TPSA) is 26.0 Å². The molecule has 2 aromatic heterocycles. The van der Waals surface area contributed by atoms with E-state index in [0.717, 1.165) is 27.9 Å². The van der Waals surface area contributed by atoms with E-state index < -0.39 is 0 Å². The molecular weight excluding hydrogens is 349 g/mol. The Kier molecular flexibility index (Phi) is 3.99. The molecule has 0 radical (unpaired) electrons. The number of benzene rings is 3. The molecule has 3 heteroatoms. The summed E-state index contributed by atoms with van der Waals surface area (Å²) in [5, 5.41) is 0. The van der Waals surface area contributed by atoms with E-state index in [2.05, 4.69) is 30.3 Å². The van der Waals surface area contributed by atoms with Crippen LogP contribution in [0.15, 0.2) is 101 Å². The van der Waals surface area contributed by atoms with Crippen molar-refractivity contribution >= 4 is 11.1 Å². The van der Waals surface area contributed by atoms with Crippen LogP contribution in [0.5, 0.6) is 0 Å². The van der Waals surface area contributed by atoms with Crippen LogP contribution in [0, 0.1) is 5.82 Å². The van der Waals surface area contributed by atoms with Gasteiger partial charge in [0.2, 0.25) is 0 Å². The molecular formula is C25H16FNO. The number of nitrogens with zero attached hydrogens (tertiary/aromatic N) is 1. The molecule has 2 nitrogen and oxygen atoms in total. The predicted molar refractivity (Wildman–Crippen MR) is 110 cm³/mol. The largest absolute Gasteiger partial charge is 0.454 e. The van der Waals surface area contributed by atoms with Gasteiger partial charge in [-0.05, 0) is 53.6 Å². The molecule has 2 heterocycles. The zero-order chi connectivity index (χ0) is 18.9. The van der Waals surface area contributed by atoms with Gasteiger partial charge in [-0.3, -0.25) is 0 Å². The van der Waals surface area contributed by atoms with Crippen LogP contribution >= 0.6 is 0 Å². The van der Waals surface area contributed by atoms with E-state index >= 15 is 0 Å². The molecule has 0 amide bonds. The number of aromatic nitrogens is 1. The maximum atomic E-state index is 13.2. The minimum atomic E-state index is -0.265. The highest BCUT2D eigenvalue weighted by Crippen LogP contribution is 2.30.